The maximum atomic E-state index is 11.9. The molecule has 0 spiro atoms. The second-order valence-electron chi connectivity index (χ2n) is 7.09. The standard InChI is InChI=1S/C22H28N4O3/c1-16(18-7-5-4-6-8-18)25-22(24-14-21(27)26(2)3)23-12-11-17-9-10-19-20(13-17)29-15-28-19/h4-10,13,16H,11-12,14-15H2,1-3H3,(H2,23,24,25). The van der Waals surface area contributed by atoms with Crippen molar-refractivity contribution in [1.82, 2.24) is 15.5 Å². The minimum absolute atomic E-state index is 0.0470. The second-order valence-corrected chi connectivity index (χ2v) is 7.09. The first-order valence-electron chi connectivity index (χ1n) is 9.71. The average molecular weight is 396 g/mol. The maximum Gasteiger partial charge on any atom is 0.243 e. The number of guanidine groups is 1. The van der Waals surface area contributed by atoms with Crippen LogP contribution in [-0.2, 0) is 11.2 Å². The van der Waals surface area contributed by atoms with E-state index in [0.717, 1.165) is 29.0 Å². The van der Waals surface area contributed by atoms with Gasteiger partial charge in [-0.3, -0.25) is 4.79 Å². The van der Waals surface area contributed by atoms with Crippen molar-refractivity contribution in [2.75, 3.05) is 34.0 Å². The predicted molar refractivity (Wildman–Crippen MR) is 113 cm³/mol. The monoisotopic (exact) mass is 396 g/mol. The number of fused-ring (bicyclic) bond motifs is 1. The van der Waals surface area contributed by atoms with Gasteiger partial charge in [-0.1, -0.05) is 36.4 Å². The summed E-state index contributed by atoms with van der Waals surface area (Å²) < 4.78 is 10.8. The van der Waals surface area contributed by atoms with Gasteiger partial charge >= 0.3 is 0 Å². The van der Waals surface area contributed by atoms with Gasteiger partial charge in [0.25, 0.3) is 0 Å². The largest absolute Gasteiger partial charge is 0.454 e. The van der Waals surface area contributed by atoms with Crippen LogP contribution in [0.2, 0.25) is 0 Å². The highest BCUT2D eigenvalue weighted by molar-refractivity contribution is 5.85. The molecular formula is C22H28N4O3. The molecule has 2 aromatic rings. The van der Waals surface area contributed by atoms with Crippen molar-refractivity contribution in [3.05, 3.63) is 59.7 Å². The molecule has 0 bridgehead atoms. The van der Waals surface area contributed by atoms with Gasteiger partial charge in [-0.15, -0.1) is 0 Å². The molecule has 1 unspecified atom stereocenters. The third-order valence-corrected chi connectivity index (χ3v) is 4.67. The number of carbonyl (C=O) groups excluding carboxylic acids is 1. The van der Waals surface area contributed by atoms with Gasteiger partial charge in [0.1, 0.15) is 6.54 Å². The highest BCUT2D eigenvalue weighted by atomic mass is 16.7. The number of hydrogen-bond acceptors (Lipinski definition) is 4. The molecule has 1 aliphatic rings. The Balaban J connectivity index is 1.61. The molecule has 2 N–H and O–H groups in total. The molecule has 0 fully saturated rings. The second kappa shape index (κ2) is 9.82. The molecule has 0 saturated carbocycles. The van der Waals surface area contributed by atoms with Gasteiger partial charge in [0.05, 0.1) is 6.04 Å². The highest BCUT2D eigenvalue weighted by Crippen LogP contribution is 2.32. The highest BCUT2D eigenvalue weighted by Gasteiger charge is 2.13. The molecule has 2 aromatic carbocycles. The van der Waals surface area contributed by atoms with Crippen LogP contribution in [0, 0.1) is 0 Å². The number of ether oxygens (including phenoxy) is 2. The van der Waals surface area contributed by atoms with Gasteiger partial charge in [0, 0.05) is 20.6 Å². The van der Waals surface area contributed by atoms with Crippen molar-refractivity contribution >= 4 is 11.9 Å². The Labute approximate surface area is 171 Å². The van der Waals surface area contributed by atoms with E-state index in [9.17, 15) is 4.79 Å². The van der Waals surface area contributed by atoms with Crippen LogP contribution >= 0.6 is 0 Å². The number of nitrogens with zero attached hydrogens (tertiary/aromatic N) is 2. The molecule has 1 aliphatic heterocycles. The first-order valence-corrected chi connectivity index (χ1v) is 9.71. The van der Waals surface area contributed by atoms with E-state index in [4.69, 9.17) is 9.47 Å². The average Bonchev–Trinajstić information content (AvgIpc) is 3.20. The fraction of sp³-hybridized carbons (Fsp3) is 0.364. The summed E-state index contributed by atoms with van der Waals surface area (Å²) >= 11 is 0. The molecule has 0 saturated heterocycles. The van der Waals surface area contributed by atoms with Crippen LogP contribution in [0.4, 0.5) is 0 Å². The number of hydrogen-bond donors (Lipinski definition) is 2. The summed E-state index contributed by atoms with van der Waals surface area (Å²) in [5.74, 6) is 2.12. The van der Waals surface area contributed by atoms with Crippen LogP contribution in [0.1, 0.15) is 24.1 Å². The fourth-order valence-corrected chi connectivity index (χ4v) is 2.89. The van der Waals surface area contributed by atoms with Gasteiger partial charge in [0.15, 0.2) is 17.5 Å². The molecule has 1 amide bonds. The minimum Gasteiger partial charge on any atom is -0.454 e. The molecule has 0 aromatic heterocycles. The number of rotatable bonds is 7. The Morgan fingerprint density at radius 2 is 1.90 bits per heavy atom. The molecule has 7 heteroatoms. The van der Waals surface area contributed by atoms with Gasteiger partial charge in [-0.2, -0.15) is 0 Å². The maximum absolute atomic E-state index is 11.9. The van der Waals surface area contributed by atoms with E-state index in [0.29, 0.717) is 12.5 Å². The van der Waals surface area contributed by atoms with Gasteiger partial charge < -0.3 is 25.0 Å². The lowest BCUT2D eigenvalue weighted by molar-refractivity contribution is -0.127. The summed E-state index contributed by atoms with van der Waals surface area (Å²) in [6.07, 6.45) is 0.790. The Morgan fingerprint density at radius 1 is 1.14 bits per heavy atom. The van der Waals surface area contributed by atoms with E-state index < -0.39 is 0 Å². The van der Waals surface area contributed by atoms with Crippen LogP contribution in [0.15, 0.2) is 53.5 Å². The third-order valence-electron chi connectivity index (χ3n) is 4.67. The molecule has 1 atom stereocenters. The topological polar surface area (TPSA) is 75.2 Å². The fourth-order valence-electron chi connectivity index (χ4n) is 2.89. The van der Waals surface area contributed by atoms with Crippen molar-refractivity contribution in [3.63, 3.8) is 0 Å². The normalized spacial score (nSPS) is 13.7. The van der Waals surface area contributed by atoms with Gasteiger partial charge in [-0.05, 0) is 36.6 Å². The van der Waals surface area contributed by atoms with Gasteiger partial charge in [-0.25, -0.2) is 4.99 Å². The van der Waals surface area contributed by atoms with E-state index in [1.54, 1.807) is 14.1 Å². The van der Waals surface area contributed by atoms with E-state index in [-0.39, 0.29) is 25.3 Å². The van der Waals surface area contributed by atoms with Crippen LogP contribution < -0.4 is 20.1 Å². The third kappa shape index (κ3) is 5.88. The Kier molecular flexibility index (Phi) is 6.94. The minimum atomic E-state index is -0.0470. The Bertz CT molecular complexity index is 852. The summed E-state index contributed by atoms with van der Waals surface area (Å²) in [5, 5.41) is 6.71. The summed E-state index contributed by atoms with van der Waals surface area (Å²) in [5.41, 5.74) is 2.29. The van der Waals surface area contributed by atoms with Crippen LogP contribution in [0.3, 0.4) is 0 Å². The first kappa shape index (κ1) is 20.5. The molecule has 154 valence electrons. The summed E-state index contributed by atoms with van der Waals surface area (Å²) in [6, 6.07) is 16.1. The number of nitrogens with one attached hydrogen (secondary N) is 2. The number of carbonyl (C=O) groups is 1. The Hall–Kier alpha value is -3.22. The number of benzene rings is 2. The smallest absolute Gasteiger partial charge is 0.243 e. The number of aliphatic imine (C=N–C) groups is 1. The summed E-state index contributed by atoms with van der Waals surface area (Å²) in [6.45, 7) is 3.10. The van der Waals surface area contributed by atoms with Crippen LogP contribution in [-0.4, -0.2) is 50.7 Å². The van der Waals surface area contributed by atoms with Gasteiger partial charge in [0.2, 0.25) is 12.7 Å². The summed E-state index contributed by atoms with van der Waals surface area (Å²) in [4.78, 5) is 17.9. The Morgan fingerprint density at radius 3 is 2.66 bits per heavy atom. The molecule has 7 nitrogen and oxygen atoms in total. The van der Waals surface area contributed by atoms with Crippen LogP contribution in [0.5, 0.6) is 11.5 Å². The van der Waals surface area contributed by atoms with Crippen molar-refractivity contribution in [2.24, 2.45) is 4.99 Å². The van der Waals surface area contributed by atoms with Crippen molar-refractivity contribution < 1.29 is 14.3 Å². The lowest BCUT2D eigenvalue weighted by Crippen LogP contribution is -2.40. The predicted octanol–water partition coefficient (Wildman–Crippen LogP) is 2.34. The number of amides is 1. The lowest BCUT2D eigenvalue weighted by atomic mass is 10.1. The SMILES string of the molecule is CC(NC(=NCC(=O)N(C)C)NCCc1ccc2c(c1)OCO2)c1ccccc1. The van der Waals surface area contributed by atoms with Crippen molar-refractivity contribution in [2.45, 2.75) is 19.4 Å². The molecule has 0 aliphatic carbocycles. The van der Waals surface area contributed by atoms with Crippen molar-refractivity contribution in [3.8, 4) is 11.5 Å². The van der Waals surface area contributed by atoms with Crippen molar-refractivity contribution in [1.29, 1.82) is 0 Å². The van der Waals surface area contributed by atoms with E-state index in [1.807, 2.05) is 36.4 Å². The molecular weight excluding hydrogens is 368 g/mol. The summed E-state index contributed by atoms with van der Waals surface area (Å²) in [7, 11) is 3.45. The zero-order valence-electron chi connectivity index (χ0n) is 17.1. The van der Waals surface area contributed by atoms with E-state index >= 15 is 0 Å². The molecule has 29 heavy (non-hydrogen) atoms. The first-order chi connectivity index (χ1) is 14.0. The lowest BCUT2D eigenvalue weighted by Gasteiger charge is -2.19. The van der Waals surface area contributed by atoms with Crippen LogP contribution in [0.25, 0.3) is 0 Å². The van der Waals surface area contributed by atoms with E-state index in [1.165, 1.54) is 4.90 Å². The molecule has 3 rings (SSSR count). The van der Waals surface area contributed by atoms with E-state index in [2.05, 4.69) is 34.7 Å². The quantitative estimate of drug-likeness (QED) is 0.555. The number of likely N-dealkylation sites (N-methyl/N-ethyl adjacent to an activating group) is 1. The molecule has 1 heterocycles. The zero-order valence-corrected chi connectivity index (χ0v) is 17.1. The molecule has 0 radical (unpaired) electrons. The zero-order chi connectivity index (χ0) is 20.6.